The number of carbonyl (C=O) groups is 1. The smallest absolute Gasteiger partial charge is 0.237 e. The normalized spacial score (nSPS) is 25.2. The zero-order chi connectivity index (χ0) is 17.8. The lowest BCUT2D eigenvalue weighted by molar-refractivity contribution is -0.123. The van der Waals surface area contributed by atoms with Crippen LogP contribution in [0.4, 0.5) is 0 Å². The molecule has 0 spiro atoms. The Morgan fingerprint density at radius 1 is 1.08 bits per heavy atom. The Balaban J connectivity index is 1.63. The maximum atomic E-state index is 12.6. The highest BCUT2D eigenvalue weighted by molar-refractivity contribution is 5.82. The van der Waals surface area contributed by atoms with Gasteiger partial charge in [0.15, 0.2) is 11.5 Å². The molecule has 6 heteroatoms. The number of ether oxygens (including phenoxy) is 3. The van der Waals surface area contributed by atoms with Crippen molar-refractivity contribution in [1.29, 1.82) is 0 Å². The zero-order valence-corrected chi connectivity index (χ0v) is 15.3. The van der Waals surface area contributed by atoms with Crippen LogP contribution >= 0.6 is 0 Å². The number of hydrogen-bond acceptors (Lipinski definition) is 5. The van der Waals surface area contributed by atoms with E-state index in [9.17, 15) is 4.79 Å². The van der Waals surface area contributed by atoms with Gasteiger partial charge < -0.3 is 24.8 Å². The molecule has 1 aromatic rings. The molecule has 2 fully saturated rings. The van der Waals surface area contributed by atoms with Gasteiger partial charge in [-0.2, -0.15) is 0 Å². The molecular formula is C19H28N2O4. The van der Waals surface area contributed by atoms with Crippen molar-refractivity contribution < 1.29 is 19.0 Å². The summed E-state index contributed by atoms with van der Waals surface area (Å²) in [6.45, 7) is 0.399. The van der Waals surface area contributed by atoms with Gasteiger partial charge in [0.1, 0.15) is 5.75 Å². The molecule has 1 saturated heterocycles. The maximum Gasteiger partial charge on any atom is 0.237 e. The lowest BCUT2D eigenvalue weighted by Crippen LogP contribution is -2.42. The first-order valence-electron chi connectivity index (χ1n) is 8.99. The molecule has 3 rings (SSSR count). The van der Waals surface area contributed by atoms with Crippen molar-refractivity contribution in [2.75, 3.05) is 21.3 Å². The third-order valence-electron chi connectivity index (χ3n) is 5.42. The number of hydrogen-bond donors (Lipinski definition) is 2. The molecule has 6 nitrogen and oxygen atoms in total. The second-order valence-corrected chi connectivity index (χ2v) is 6.84. The summed E-state index contributed by atoms with van der Waals surface area (Å²) in [6, 6.07) is 4.06. The summed E-state index contributed by atoms with van der Waals surface area (Å²) in [7, 11) is 4.79. The molecule has 2 aliphatic rings. The van der Waals surface area contributed by atoms with E-state index in [1.807, 2.05) is 6.07 Å². The highest BCUT2D eigenvalue weighted by atomic mass is 16.5. The number of nitrogens with one attached hydrogen (secondary N) is 2. The van der Waals surface area contributed by atoms with Crippen molar-refractivity contribution in [3.8, 4) is 17.2 Å². The van der Waals surface area contributed by atoms with E-state index in [0.29, 0.717) is 35.8 Å². The van der Waals surface area contributed by atoms with Gasteiger partial charge in [0, 0.05) is 24.2 Å². The van der Waals surface area contributed by atoms with E-state index >= 15 is 0 Å². The summed E-state index contributed by atoms with van der Waals surface area (Å²) in [5.74, 6) is 2.62. The first-order chi connectivity index (χ1) is 12.2. The molecule has 3 atom stereocenters. The Bertz CT molecular complexity index is 606. The van der Waals surface area contributed by atoms with E-state index in [1.165, 1.54) is 25.7 Å². The number of amides is 1. The van der Waals surface area contributed by atoms with Crippen molar-refractivity contribution >= 4 is 5.91 Å². The molecule has 1 aliphatic heterocycles. The van der Waals surface area contributed by atoms with Crippen molar-refractivity contribution in [2.24, 2.45) is 5.92 Å². The quantitative estimate of drug-likeness (QED) is 0.825. The lowest BCUT2D eigenvalue weighted by atomic mass is 9.85. The molecule has 0 aromatic heterocycles. The predicted octanol–water partition coefficient (Wildman–Crippen LogP) is 2.25. The predicted molar refractivity (Wildman–Crippen MR) is 95.2 cm³/mol. The standard InChI is InChI=1S/C19H28N2O4/c1-23-16-10-18(25-3)17(24-2)9-13(16)11-20-19(22)15-8-12-6-4-5-7-14(12)21-15/h9-10,12,14-15,21H,4-8,11H2,1-3H3,(H,20,22). The van der Waals surface area contributed by atoms with Crippen LogP contribution < -0.4 is 24.8 Å². The third kappa shape index (κ3) is 3.84. The Labute approximate surface area is 149 Å². The van der Waals surface area contributed by atoms with Crippen LogP contribution in [0.25, 0.3) is 0 Å². The van der Waals surface area contributed by atoms with Crippen molar-refractivity contribution in [1.82, 2.24) is 10.6 Å². The fourth-order valence-corrected chi connectivity index (χ4v) is 4.06. The highest BCUT2D eigenvalue weighted by Gasteiger charge is 2.38. The molecule has 3 unspecified atom stereocenters. The van der Waals surface area contributed by atoms with E-state index in [2.05, 4.69) is 10.6 Å². The summed E-state index contributed by atoms with van der Waals surface area (Å²) in [4.78, 5) is 12.6. The summed E-state index contributed by atoms with van der Waals surface area (Å²) in [5, 5.41) is 6.55. The number of carbonyl (C=O) groups excluding carboxylic acids is 1. The van der Waals surface area contributed by atoms with Gasteiger partial charge >= 0.3 is 0 Å². The van der Waals surface area contributed by atoms with E-state index < -0.39 is 0 Å². The number of fused-ring (bicyclic) bond motifs is 1. The molecule has 1 amide bonds. The van der Waals surface area contributed by atoms with Gasteiger partial charge in [-0.15, -0.1) is 0 Å². The molecule has 25 heavy (non-hydrogen) atoms. The van der Waals surface area contributed by atoms with Crippen LogP contribution in [0.1, 0.15) is 37.7 Å². The molecule has 1 saturated carbocycles. The van der Waals surface area contributed by atoms with E-state index in [-0.39, 0.29) is 11.9 Å². The van der Waals surface area contributed by atoms with Crippen molar-refractivity contribution in [2.45, 2.75) is 50.7 Å². The van der Waals surface area contributed by atoms with Crippen LogP contribution in [0.3, 0.4) is 0 Å². The average molecular weight is 348 g/mol. The van der Waals surface area contributed by atoms with E-state index in [4.69, 9.17) is 14.2 Å². The van der Waals surface area contributed by atoms with Gasteiger partial charge in [0.2, 0.25) is 5.91 Å². The van der Waals surface area contributed by atoms with Gasteiger partial charge in [-0.05, 0) is 31.2 Å². The number of methoxy groups -OCH3 is 3. The van der Waals surface area contributed by atoms with Crippen molar-refractivity contribution in [3.05, 3.63) is 17.7 Å². The fourth-order valence-electron chi connectivity index (χ4n) is 4.06. The summed E-state index contributed by atoms with van der Waals surface area (Å²) in [6.07, 6.45) is 5.94. The highest BCUT2D eigenvalue weighted by Crippen LogP contribution is 2.35. The number of rotatable bonds is 6. The second-order valence-electron chi connectivity index (χ2n) is 6.84. The maximum absolute atomic E-state index is 12.6. The summed E-state index contributed by atoms with van der Waals surface area (Å²) >= 11 is 0. The summed E-state index contributed by atoms with van der Waals surface area (Å²) < 4.78 is 16.1. The van der Waals surface area contributed by atoms with Crippen molar-refractivity contribution in [3.63, 3.8) is 0 Å². The SMILES string of the molecule is COc1cc(OC)c(OC)cc1CNC(=O)C1CC2CCCCC2N1. The first-order valence-corrected chi connectivity index (χ1v) is 8.99. The monoisotopic (exact) mass is 348 g/mol. The van der Waals surface area contributed by atoms with Gasteiger partial charge in [-0.25, -0.2) is 0 Å². The Morgan fingerprint density at radius 2 is 1.76 bits per heavy atom. The molecular weight excluding hydrogens is 320 g/mol. The molecule has 0 radical (unpaired) electrons. The first kappa shape index (κ1) is 17.9. The Kier molecular flexibility index (Phi) is 5.68. The molecule has 1 aliphatic carbocycles. The van der Waals surface area contributed by atoms with E-state index in [1.54, 1.807) is 27.4 Å². The van der Waals surface area contributed by atoms with E-state index in [0.717, 1.165) is 12.0 Å². The average Bonchev–Trinajstić information content (AvgIpc) is 3.09. The topological polar surface area (TPSA) is 68.8 Å². The van der Waals surface area contributed by atoms with Gasteiger partial charge in [0.25, 0.3) is 0 Å². The minimum atomic E-state index is -0.0840. The van der Waals surface area contributed by atoms with Gasteiger partial charge in [-0.3, -0.25) is 4.79 Å². The molecule has 1 heterocycles. The van der Waals surface area contributed by atoms with Crippen LogP contribution in [-0.4, -0.2) is 39.3 Å². The minimum Gasteiger partial charge on any atom is -0.496 e. The van der Waals surface area contributed by atoms with Crippen LogP contribution in [-0.2, 0) is 11.3 Å². The van der Waals surface area contributed by atoms with Crippen LogP contribution in [0.5, 0.6) is 17.2 Å². The fraction of sp³-hybridized carbons (Fsp3) is 0.632. The molecule has 138 valence electrons. The number of benzene rings is 1. The second kappa shape index (κ2) is 7.95. The molecule has 2 N–H and O–H groups in total. The van der Waals surface area contributed by atoms with Gasteiger partial charge in [-0.1, -0.05) is 12.8 Å². The third-order valence-corrected chi connectivity index (χ3v) is 5.42. The summed E-state index contributed by atoms with van der Waals surface area (Å²) in [5.41, 5.74) is 0.865. The zero-order valence-electron chi connectivity index (χ0n) is 15.3. The minimum absolute atomic E-state index is 0.0613. The van der Waals surface area contributed by atoms with Crippen LogP contribution in [0, 0.1) is 5.92 Å². The molecule has 1 aromatic carbocycles. The van der Waals surface area contributed by atoms with Crippen LogP contribution in [0.15, 0.2) is 12.1 Å². The van der Waals surface area contributed by atoms with Crippen LogP contribution in [0.2, 0.25) is 0 Å². The molecule has 0 bridgehead atoms. The largest absolute Gasteiger partial charge is 0.496 e. The lowest BCUT2D eigenvalue weighted by Gasteiger charge is -2.24. The Morgan fingerprint density at radius 3 is 2.44 bits per heavy atom. The Hall–Kier alpha value is -1.95. The van der Waals surface area contributed by atoms with Gasteiger partial charge in [0.05, 0.1) is 27.4 Å².